The van der Waals surface area contributed by atoms with Gasteiger partial charge in [0.15, 0.2) is 0 Å². The Morgan fingerprint density at radius 3 is 2.78 bits per heavy atom. The van der Waals surface area contributed by atoms with E-state index in [1.165, 1.54) is 0 Å². The van der Waals surface area contributed by atoms with Crippen molar-refractivity contribution in [2.75, 3.05) is 23.7 Å². The molecule has 1 saturated heterocycles. The second kappa shape index (κ2) is 4.42. The summed E-state index contributed by atoms with van der Waals surface area (Å²) in [5, 5.41) is 10.5. The molecule has 1 aliphatic rings. The monoisotopic (exact) mass is 244 g/mol. The first-order valence-corrected chi connectivity index (χ1v) is 6.17. The number of rotatable bonds is 1. The minimum absolute atomic E-state index is 0.181. The smallest absolute Gasteiger partial charge is 0.139 e. The summed E-state index contributed by atoms with van der Waals surface area (Å²) in [6, 6.07) is 5.67. The van der Waals surface area contributed by atoms with Crippen LogP contribution in [0.15, 0.2) is 24.5 Å². The molecular weight excluding hydrogens is 228 g/mol. The number of benzene rings is 1. The Balaban J connectivity index is 2.03. The molecule has 1 aromatic heterocycles. The number of hydrogen-bond donors (Lipinski definition) is 2. The first-order valence-electron chi connectivity index (χ1n) is 6.17. The van der Waals surface area contributed by atoms with E-state index in [4.69, 9.17) is 5.73 Å². The molecule has 5 heteroatoms. The molecule has 0 unspecified atom stereocenters. The molecule has 0 spiro atoms. The van der Waals surface area contributed by atoms with E-state index >= 15 is 0 Å². The van der Waals surface area contributed by atoms with Gasteiger partial charge in [0, 0.05) is 24.2 Å². The summed E-state index contributed by atoms with van der Waals surface area (Å²) >= 11 is 0. The molecule has 0 radical (unpaired) electrons. The average molecular weight is 244 g/mol. The molecule has 0 saturated carbocycles. The van der Waals surface area contributed by atoms with Crippen molar-refractivity contribution >= 4 is 22.4 Å². The maximum absolute atomic E-state index is 9.55. The van der Waals surface area contributed by atoms with Crippen LogP contribution in [0, 0.1) is 0 Å². The summed E-state index contributed by atoms with van der Waals surface area (Å²) in [6.45, 7) is 1.64. The third-order valence-corrected chi connectivity index (χ3v) is 3.40. The maximum atomic E-state index is 9.55. The van der Waals surface area contributed by atoms with Crippen molar-refractivity contribution in [1.82, 2.24) is 9.97 Å². The Morgan fingerprint density at radius 2 is 2.00 bits per heavy atom. The molecule has 0 aliphatic carbocycles. The highest BCUT2D eigenvalue weighted by Crippen LogP contribution is 2.27. The summed E-state index contributed by atoms with van der Waals surface area (Å²) in [5.74, 6) is 0.916. The molecule has 0 atom stereocenters. The normalized spacial score (nSPS) is 17.3. The van der Waals surface area contributed by atoms with Gasteiger partial charge in [-0.15, -0.1) is 0 Å². The zero-order chi connectivity index (χ0) is 12.5. The van der Waals surface area contributed by atoms with Gasteiger partial charge in [0.2, 0.25) is 0 Å². The molecule has 3 N–H and O–H groups in total. The third-order valence-electron chi connectivity index (χ3n) is 3.40. The van der Waals surface area contributed by atoms with Gasteiger partial charge >= 0.3 is 0 Å². The molecule has 1 fully saturated rings. The largest absolute Gasteiger partial charge is 0.399 e. The van der Waals surface area contributed by atoms with Crippen molar-refractivity contribution in [3.8, 4) is 0 Å². The fourth-order valence-electron chi connectivity index (χ4n) is 2.39. The highest BCUT2D eigenvalue weighted by atomic mass is 16.3. The number of anilines is 2. The van der Waals surface area contributed by atoms with Crippen molar-refractivity contribution < 1.29 is 5.11 Å². The van der Waals surface area contributed by atoms with Crippen LogP contribution in [-0.2, 0) is 0 Å². The SMILES string of the molecule is Nc1ccc2ncnc(N3CCC(O)CC3)c2c1. The number of nitrogens with zero attached hydrogens (tertiary/aromatic N) is 3. The van der Waals surface area contributed by atoms with Crippen LogP contribution in [0.5, 0.6) is 0 Å². The number of aromatic nitrogens is 2. The van der Waals surface area contributed by atoms with E-state index in [9.17, 15) is 5.11 Å². The Bertz CT molecular complexity index is 564. The fraction of sp³-hybridized carbons (Fsp3) is 0.385. The second-order valence-electron chi connectivity index (χ2n) is 4.69. The molecule has 2 heterocycles. The fourth-order valence-corrected chi connectivity index (χ4v) is 2.39. The summed E-state index contributed by atoms with van der Waals surface area (Å²) in [6.07, 6.45) is 2.97. The highest BCUT2D eigenvalue weighted by molar-refractivity contribution is 5.91. The van der Waals surface area contributed by atoms with Gasteiger partial charge < -0.3 is 15.7 Å². The predicted molar refractivity (Wildman–Crippen MR) is 71.4 cm³/mol. The van der Waals surface area contributed by atoms with Crippen molar-refractivity contribution in [3.63, 3.8) is 0 Å². The van der Waals surface area contributed by atoms with Crippen LogP contribution in [0.25, 0.3) is 10.9 Å². The van der Waals surface area contributed by atoms with Gasteiger partial charge in [-0.25, -0.2) is 9.97 Å². The Kier molecular flexibility index (Phi) is 2.76. The van der Waals surface area contributed by atoms with Crippen molar-refractivity contribution in [1.29, 1.82) is 0 Å². The lowest BCUT2D eigenvalue weighted by Crippen LogP contribution is -2.36. The standard InChI is InChI=1S/C13H16N4O/c14-9-1-2-12-11(7-9)13(16-8-15-12)17-5-3-10(18)4-6-17/h1-2,7-8,10,18H,3-6,14H2. The quantitative estimate of drug-likeness (QED) is 0.737. The number of hydrogen-bond acceptors (Lipinski definition) is 5. The number of nitrogen functional groups attached to an aromatic ring is 1. The summed E-state index contributed by atoms with van der Waals surface area (Å²) in [7, 11) is 0. The van der Waals surface area contributed by atoms with Crippen molar-refractivity contribution in [2.24, 2.45) is 0 Å². The first-order chi connectivity index (χ1) is 8.74. The molecule has 5 nitrogen and oxygen atoms in total. The Labute approximate surface area is 105 Å². The van der Waals surface area contributed by atoms with Crippen LogP contribution in [0.1, 0.15) is 12.8 Å². The Morgan fingerprint density at radius 1 is 1.22 bits per heavy atom. The average Bonchev–Trinajstić information content (AvgIpc) is 2.39. The molecule has 0 bridgehead atoms. The van der Waals surface area contributed by atoms with Crippen LogP contribution in [-0.4, -0.2) is 34.3 Å². The highest BCUT2D eigenvalue weighted by Gasteiger charge is 2.19. The molecule has 18 heavy (non-hydrogen) atoms. The summed E-state index contributed by atoms with van der Waals surface area (Å²) < 4.78 is 0. The molecule has 3 rings (SSSR count). The van der Waals surface area contributed by atoms with E-state index in [1.807, 2.05) is 18.2 Å². The number of nitrogens with two attached hydrogens (primary N) is 1. The van der Waals surface area contributed by atoms with Crippen LogP contribution in [0.3, 0.4) is 0 Å². The van der Waals surface area contributed by atoms with Gasteiger partial charge in [0.1, 0.15) is 12.1 Å². The van der Waals surface area contributed by atoms with E-state index in [0.29, 0.717) is 0 Å². The predicted octanol–water partition coefficient (Wildman–Crippen LogP) is 1.17. The number of piperidine rings is 1. The minimum atomic E-state index is -0.181. The van der Waals surface area contributed by atoms with Gasteiger partial charge in [0.25, 0.3) is 0 Å². The lowest BCUT2D eigenvalue weighted by molar-refractivity contribution is 0.145. The molecule has 94 valence electrons. The maximum Gasteiger partial charge on any atom is 0.139 e. The topological polar surface area (TPSA) is 75.3 Å². The second-order valence-corrected chi connectivity index (χ2v) is 4.69. The van der Waals surface area contributed by atoms with E-state index in [1.54, 1.807) is 6.33 Å². The molecule has 1 aliphatic heterocycles. The van der Waals surface area contributed by atoms with Crippen molar-refractivity contribution in [2.45, 2.75) is 18.9 Å². The zero-order valence-electron chi connectivity index (χ0n) is 10.1. The van der Waals surface area contributed by atoms with Gasteiger partial charge in [-0.1, -0.05) is 0 Å². The van der Waals surface area contributed by atoms with Crippen LogP contribution in [0.2, 0.25) is 0 Å². The number of aliphatic hydroxyl groups is 1. The summed E-state index contributed by atoms with van der Waals surface area (Å²) in [4.78, 5) is 10.8. The van der Waals surface area contributed by atoms with Crippen molar-refractivity contribution in [3.05, 3.63) is 24.5 Å². The lowest BCUT2D eigenvalue weighted by Gasteiger charge is -2.31. The Hall–Kier alpha value is -1.88. The van der Waals surface area contributed by atoms with E-state index < -0.39 is 0 Å². The van der Waals surface area contributed by atoms with Crippen LogP contribution >= 0.6 is 0 Å². The first kappa shape index (κ1) is 11.2. The number of fused-ring (bicyclic) bond motifs is 1. The van der Waals surface area contributed by atoms with E-state index in [-0.39, 0.29) is 6.10 Å². The molecule has 2 aromatic rings. The van der Waals surface area contributed by atoms with E-state index in [0.717, 1.165) is 48.3 Å². The lowest BCUT2D eigenvalue weighted by atomic mass is 10.1. The molecular formula is C13H16N4O. The van der Waals surface area contributed by atoms with Gasteiger partial charge in [0.05, 0.1) is 11.6 Å². The molecule has 1 aromatic carbocycles. The zero-order valence-corrected chi connectivity index (χ0v) is 10.1. The molecule has 0 amide bonds. The third kappa shape index (κ3) is 1.97. The van der Waals surface area contributed by atoms with Crippen LogP contribution in [0.4, 0.5) is 11.5 Å². The van der Waals surface area contributed by atoms with Crippen LogP contribution < -0.4 is 10.6 Å². The van der Waals surface area contributed by atoms with Gasteiger partial charge in [-0.05, 0) is 31.0 Å². The van der Waals surface area contributed by atoms with E-state index in [2.05, 4.69) is 14.9 Å². The minimum Gasteiger partial charge on any atom is -0.399 e. The number of aliphatic hydroxyl groups excluding tert-OH is 1. The van der Waals surface area contributed by atoms with Gasteiger partial charge in [-0.3, -0.25) is 0 Å². The summed E-state index contributed by atoms with van der Waals surface area (Å²) in [5.41, 5.74) is 7.45. The van der Waals surface area contributed by atoms with Gasteiger partial charge in [-0.2, -0.15) is 0 Å².